The zero-order chi connectivity index (χ0) is 19.1. The van der Waals surface area contributed by atoms with Gasteiger partial charge in [0.1, 0.15) is 18.5 Å². The topological polar surface area (TPSA) is 60.0 Å². The SMILES string of the molecule is COc1ccc(CCNCC(O)COc2csc3ccccc23)cc1OC.Cl. The van der Waals surface area contributed by atoms with E-state index in [9.17, 15) is 5.11 Å². The Morgan fingerprint density at radius 2 is 1.82 bits per heavy atom. The summed E-state index contributed by atoms with van der Waals surface area (Å²) in [6, 6.07) is 14.0. The number of hydrogen-bond acceptors (Lipinski definition) is 6. The maximum atomic E-state index is 10.1. The molecule has 0 radical (unpaired) electrons. The minimum Gasteiger partial charge on any atom is -0.493 e. The van der Waals surface area contributed by atoms with Crippen LogP contribution in [0.3, 0.4) is 0 Å². The Morgan fingerprint density at radius 3 is 2.61 bits per heavy atom. The summed E-state index contributed by atoms with van der Waals surface area (Å²) in [6.07, 6.45) is 0.275. The van der Waals surface area contributed by atoms with Crippen LogP contribution in [0.5, 0.6) is 17.2 Å². The number of ether oxygens (including phenoxy) is 3. The molecule has 1 atom stereocenters. The number of aliphatic hydroxyl groups excluding tert-OH is 1. The van der Waals surface area contributed by atoms with Crippen LogP contribution in [0.4, 0.5) is 0 Å². The molecule has 0 saturated carbocycles. The molecule has 5 nitrogen and oxygen atoms in total. The van der Waals surface area contributed by atoms with Crippen molar-refractivity contribution in [2.75, 3.05) is 33.9 Å². The van der Waals surface area contributed by atoms with Crippen molar-refractivity contribution in [3.63, 3.8) is 0 Å². The van der Waals surface area contributed by atoms with Crippen molar-refractivity contribution in [1.29, 1.82) is 0 Å². The van der Waals surface area contributed by atoms with Crippen LogP contribution in [-0.4, -0.2) is 45.1 Å². The van der Waals surface area contributed by atoms with E-state index in [1.54, 1.807) is 25.6 Å². The molecule has 0 amide bonds. The first-order valence-corrected chi connectivity index (χ1v) is 9.78. The Kier molecular flexibility index (Phi) is 8.86. The summed E-state index contributed by atoms with van der Waals surface area (Å²) in [6.45, 7) is 1.51. The normalized spacial score (nSPS) is 11.7. The highest BCUT2D eigenvalue weighted by atomic mass is 35.5. The van der Waals surface area contributed by atoms with Gasteiger partial charge in [0.2, 0.25) is 0 Å². The van der Waals surface area contributed by atoms with Gasteiger partial charge >= 0.3 is 0 Å². The molecule has 3 aromatic rings. The van der Waals surface area contributed by atoms with Crippen molar-refractivity contribution in [3.8, 4) is 17.2 Å². The molecule has 28 heavy (non-hydrogen) atoms. The van der Waals surface area contributed by atoms with E-state index in [4.69, 9.17) is 14.2 Å². The molecule has 152 valence electrons. The van der Waals surface area contributed by atoms with Crippen LogP contribution >= 0.6 is 23.7 Å². The number of fused-ring (bicyclic) bond motifs is 1. The maximum Gasteiger partial charge on any atom is 0.160 e. The van der Waals surface area contributed by atoms with Crippen LogP contribution in [-0.2, 0) is 6.42 Å². The van der Waals surface area contributed by atoms with Crippen molar-refractivity contribution >= 4 is 33.8 Å². The minimum absolute atomic E-state index is 0. The van der Waals surface area contributed by atoms with Gasteiger partial charge in [0.25, 0.3) is 0 Å². The quantitative estimate of drug-likeness (QED) is 0.484. The average Bonchev–Trinajstić information content (AvgIpc) is 3.12. The number of hydrogen-bond donors (Lipinski definition) is 2. The summed E-state index contributed by atoms with van der Waals surface area (Å²) in [7, 11) is 3.26. The van der Waals surface area contributed by atoms with Crippen molar-refractivity contribution in [2.24, 2.45) is 0 Å². The lowest BCUT2D eigenvalue weighted by Crippen LogP contribution is -2.32. The molecule has 1 unspecified atom stereocenters. The number of nitrogens with one attached hydrogen (secondary N) is 1. The lowest BCUT2D eigenvalue weighted by Gasteiger charge is -2.13. The van der Waals surface area contributed by atoms with Gasteiger partial charge < -0.3 is 24.6 Å². The van der Waals surface area contributed by atoms with Gasteiger partial charge in [0, 0.05) is 22.0 Å². The lowest BCUT2D eigenvalue weighted by atomic mass is 10.1. The first-order chi connectivity index (χ1) is 13.2. The van der Waals surface area contributed by atoms with Gasteiger partial charge in [-0.15, -0.1) is 23.7 Å². The predicted octanol–water partition coefficient (Wildman–Crippen LogP) is 3.91. The molecule has 7 heteroatoms. The van der Waals surface area contributed by atoms with Crippen LogP contribution in [0.25, 0.3) is 10.1 Å². The molecule has 0 saturated heterocycles. The van der Waals surface area contributed by atoms with E-state index in [1.165, 1.54) is 4.70 Å². The fourth-order valence-electron chi connectivity index (χ4n) is 2.85. The Labute approximate surface area is 175 Å². The molecule has 0 aliphatic rings. The largest absolute Gasteiger partial charge is 0.493 e. The molecule has 0 bridgehead atoms. The predicted molar refractivity (Wildman–Crippen MR) is 117 cm³/mol. The number of aliphatic hydroxyl groups is 1. The maximum absolute atomic E-state index is 10.1. The van der Waals surface area contributed by atoms with Gasteiger partial charge in [0.05, 0.1) is 14.2 Å². The van der Waals surface area contributed by atoms with Crippen LogP contribution in [0.1, 0.15) is 5.56 Å². The second-order valence-corrected chi connectivity index (χ2v) is 7.12. The third kappa shape index (κ3) is 5.75. The van der Waals surface area contributed by atoms with Gasteiger partial charge in [-0.2, -0.15) is 0 Å². The average molecular weight is 424 g/mol. The van der Waals surface area contributed by atoms with Crippen LogP contribution in [0.2, 0.25) is 0 Å². The van der Waals surface area contributed by atoms with Crippen LogP contribution in [0.15, 0.2) is 47.8 Å². The molecule has 2 aromatic carbocycles. The van der Waals surface area contributed by atoms with Crippen LogP contribution in [0, 0.1) is 0 Å². The van der Waals surface area contributed by atoms with Crippen molar-refractivity contribution in [3.05, 3.63) is 53.4 Å². The summed E-state index contributed by atoms with van der Waals surface area (Å²) in [5.74, 6) is 2.29. The fraction of sp³-hybridized carbons (Fsp3) is 0.333. The summed E-state index contributed by atoms with van der Waals surface area (Å²) >= 11 is 1.65. The highest BCUT2D eigenvalue weighted by Gasteiger charge is 2.09. The minimum atomic E-state index is -0.561. The first-order valence-electron chi connectivity index (χ1n) is 8.90. The molecule has 3 rings (SSSR count). The molecule has 0 spiro atoms. The van der Waals surface area contributed by atoms with E-state index in [-0.39, 0.29) is 19.0 Å². The third-order valence-corrected chi connectivity index (χ3v) is 5.24. The Balaban J connectivity index is 0.00000280. The zero-order valence-corrected chi connectivity index (χ0v) is 17.6. The van der Waals surface area contributed by atoms with E-state index in [0.29, 0.717) is 6.54 Å². The van der Waals surface area contributed by atoms with E-state index >= 15 is 0 Å². The number of benzene rings is 2. The van der Waals surface area contributed by atoms with Crippen molar-refractivity contribution in [1.82, 2.24) is 5.32 Å². The zero-order valence-electron chi connectivity index (χ0n) is 16.0. The van der Waals surface area contributed by atoms with Gasteiger partial charge in [-0.3, -0.25) is 0 Å². The fourth-order valence-corrected chi connectivity index (χ4v) is 3.73. The van der Waals surface area contributed by atoms with Gasteiger partial charge in [0.15, 0.2) is 11.5 Å². The smallest absolute Gasteiger partial charge is 0.160 e. The number of methoxy groups -OCH3 is 2. The van der Waals surface area contributed by atoms with Crippen molar-refractivity contribution in [2.45, 2.75) is 12.5 Å². The lowest BCUT2D eigenvalue weighted by molar-refractivity contribution is 0.107. The standard InChI is InChI=1S/C21H25NO4S.ClH/c1-24-18-8-7-15(11-19(18)25-2)9-10-22-12-16(23)13-26-20-14-27-21-6-4-3-5-17(20)21;/h3-8,11,14,16,22-23H,9-10,12-13H2,1-2H3;1H. The highest BCUT2D eigenvalue weighted by molar-refractivity contribution is 7.17. The highest BCUT2D eigenvalue weighted by Crippen LogP contribution is 2.31. The summed E-state index contributed by atoms with van der Waals surface area (Å²) in [4.78, 5) is 0. The molecular formula is C21H26ClNO4S. The van der Waals surface area contributed by atoms with E-state index in [1.807, 2.05) is 41.8 Å². The molecule has 0 aliphatic heterocycles. The number of rotatable bonds is 10. The van der Waals surface area contributed by atoms with Gasteiger partial charge in [-0.25, -0.2) is 0 Å². The molecule has 0 aliphatic carbocycles. The summed E-state index contributed by atoms with van der Waals surface area (Å²) < 4.78 is 17.5. The van der Waals surface area contributed by atoms with Crippen LogP contribution < -0.4 is 19.5 Å². The second-order valence-electron chi connectivity index (χ2n) is 6.20. The summed E-state index contributed by atoms with van der Waals surface area (Å²) in [5, 5.41) is 16.5. The van der Waals surface area contributed by atoms with Gasteiger partial charge in [-0.05, 0) is 42.8 Å². The Bertz CT molecular complexity index is 870. The number of halogens is 1. The second kappa shape index (κ2) is 11.1. The first kappa shape index (κ1) is 22.3. The van der Waals surface area contributed by atoms with E-state index in [0.717, 1.165) is 41.2 Å². The van der Waals surface area contributed by atoms with E-state index < -0.39 is 6.10 Å². The monoisotopic (exact) mass is 423 g/mol. The van der Waals surface area contributed by atoms with Crippen molar-refractivity contribution < 1.29 is 19.3 Å². The molecule has 0 fully saturated rings. The molecule has 1 aromatic heterocycles. The van der Waals surface area contributed by atoms with Gasteiger partial charge in [-0.1, -0.05) is 18.2 Å². The third-order valence-electron chi connectivity index (χ3n) is 4.30. The number of thiophene rings is 1. The Hall–Kier alpha value is -1.99. The Morgan fingerprint density at radius 1 is 1.04 bits per heavy atom. The summed E-state index contributed by atoms with van der Waals surface area (Å²) in [5.41, 5.74) is 1.15. The molecular weight excluding hydrogens is 398 g/mol. The molecule has 1 heterocycles. The van der Waals surface area contributed by atoms with E-state index in [2.05, 4.69) is 11.4 Å². The molecule has 2 N–H and O–H groups in total.